The zero-order valence-electron chi connectivity index (χ0n) is 8.80. The molecule has 1 aromatic heterocycles. The van der Waals surface area contributed by atoms with Crippen LogP contribution in [0.5, 0.6) is 0 Å². The molecule has 0 spiro atoms. The lowest BCUT2D eigenvalue weighted by molar-refractivity contribution is 0.0699. The third kappa shape index (κ3) is 1.88. The first kappa shape index (κ1) is 12.6. The molecule has 0 aliphatic carbocycles. The molecule has 90 valence electrons. The summed E-state index contributed by atoms with van der Waals surface area (Å²) in [6.45, 7) is 2.39. The van der Waals surface area contributed by atoms with Gasteiger partial charge in [0.2, 0.25) is 0 Å². The Hall–Kier alpha value is -0.900. The van der Waals surface area contributed by atoms with Gasteiger partial charge in [-0.2, -0.15) is 0 Å². The van der Waals surface area contributed by atoms with Crippen molar-refractivity contribution in [2.24, 2.45) is 0 Å². The van der Waals surface area contributed by atoms with Gasteiger partial charge in [0.05, 0.1) is 10.5 Å². The first-order chi connectivity index (χ1) is 7.97. The zero-order chi connectivity index (χ0) is 12.7. The average molecular weight is 293 g/mol. The molecule has 0 atom stereocenters. The summed E-state index contributed by atoms with van der Waals surface area (Å²) in [7, 11) is 0. The molecule has 17 heavy (non-hydrogen) atoms. The molecule has 0 saturated carbocycles. The molecular formula is C11H8Cl3NO2. The van der Waals surface area contributed by atoms with Gasteiger partial charge in [-0.3, -0.25) is 0 Å². The van der Waals surface area contributed by atoms with Gasteiger partial charge in [-0.05, 0) is 19.1 Å². The Morgan fingerprint density at radius 3 is 2.53 bits per heavy atom. The number of hydrogen-bond donors (Lipinski definition) is 1. The van der Waals surface area contributed by atoms with Gasteiger partial charge in [0, 0.05) is 17.0 Å². The van der Waals surface area contributed by atoms with Crippen LogP contribution in [-0.2, 0) is 6.54 Å². The van der Waals surface area contributed by atoms with Gasteiger partial charge < -0.3 is 9.67 Å². The summed E-state index contributed by atoms with van der Waals surface area (Å²) >= 11 is 18.0. The minimum Gasteiger partial charge on any atom is -0.478 e. The highest BCUT2D eigenvalue weighted by Crippen LogP contribution is 2.36. The van der Waals surface area contributed by atoms with Gasteiger partial charge in [-0.1, -0.05) is 34.8 Å². The highest BCUT2D eigenvalue weighted by atomic mass is 35.5. The van der Waals surface area contributed by atoms with Crippen molar-refractivity contribution in [2.45, 2.75) is 13.5 Å². The lowest BCUT2D eigenvalue weighted by atomic mass is 10.2. The Morgan fingerprint density at radius 1 is 1.35 bits per heavy atom. The van der Waals surface area contributed by atoms with Crippen molar-refractivity contribution in [2.75, 3.05) is 0 Å². The highest BCUT2D eigenvalue weighted by molar-refractivity contribution is 6.41. The minimum absolute atomic E-state index is 0.0351. The fraction of sp³-hybridized carbons (Fsp3) is 0.182. The van der Waals surface area contributed by atoms with Crippen LogP contribution in [0.3, 0.4) is 0 Å². The number of rotatable bonds is 2. The van der Waals surface area contributed by atoms with E-state index in [0.717, 1.165) is 0 Å². The third-order valence-corrected chi connectivity index (χ3v) is 3.44. The number of carbonyl (C=O) groups is 1. The topological polar surface area (TPSA) is 42.2 Å². The number of carboxylic acids is 1. The van der Waals surface area contributed by atoms with Crippen LogP contribution in [0.4, 0.5) is 0 Å². The Bertz CT molecular complexity index is 619. The normalized spacial score (nSPS) is 11.1. The largest absolute Gasteiger partial charge is 0.478 e. The quantitative estimate of drug-likeness (QED) is 0.895. The van der Waals surface area contributed by atoms with Gasteiger partial charge in [-0.25, -0.2) is 4.79 Å². The van der Waals surface area contributed by atoms with E-state index < -0.39 is 5.97 Å². The molecule has 0 radical (unpaired) electrons. The first-order valence-corrected chi connectivity index (χ1v) is 6.00. The standard InChI is InChI=1S/C11H8Cl3NO2/c1-2-15-9-6(3-5(12)4-7(9)13)8(10(15)14)11(16)17/h3-4H,2H2,1H3,(H,16,17). The number of nitrogens with zero attached hydrogens (tertiary/aromatic N) is 1. The summed E-state index contributed by atoms with van der Waals surface area (Å²) in [6, 6.07) is 3.13. The highest BCUT2D eigenvalue weighted by Gasteiger charge is 2.22. The van der Waals surface area contributed by atoms with E-state index in [4.69, 9.17) is 34.8 Å². The molecule has 0 aliphatic heterocycles. The van der Waals surface area contributed by atoms with Crippen molar-refractivity contribution in [3.63, 3.8) is 0 Å². The molecule has 0 saturated heterocycles. The fourth-order valence-corrected chi connectivity index (χ4v) is 2.86. The molecule has 0 amide bonds. The summed E-state index contributed by atoms with van der Waals surface area (Å²) in [5.74, 6) is -1.09. The van der Waals surface area contributed by atoms with E-state index in [1.54, 1.807) is 16.7 Å². The third-order valence-electron chi connectivity index (χ3n) is 2.54. The number of aromatic nitrogens is 1. The lowest BCUT2D eigenvalue weighted by Crippen LogP contribution is -1.98. The monoisotopic (exact) mass is 291 g/mol. The second kappa shape index (κ2) is 4.41. The Labute approximate surface area is 112 Å². The molecule has 0 aliphatic rings. The molecule has 0 bridgehead atoms. The molecule has 1 N–H and O–H groups in total. The predicted molar refractivity (Wildman–Crippen MR) is 69.6 cm³/mol. The number of fused-ring (bicyclic) bond motifs is 1. The van der Waals surface area contributed by atoms with Gasteiger partial charge in [0.15, 0.2) is 0 Å². The number of aryl methyl sites for hydroxylation is 1. The van der Waals surface area contributed by atoms with Gasteiger partial charge in [0.1, 0.15) is 10.7 Å². The minimum atomic E-state index is -1.09. The van der Waals surface area contributed by atoms with E-state index in [0.29, 0.717) is 27.5 Å². The summed E-state index contributed by atoms with van der Waals surface area (Å²) in [4.78, 5) is 11.2. The maximum Gasteiger partial charge on any atom is 0.339 e. The first-order valence-electron chi connectivity index (χ1n) is 4.87. The second-order valence-electron chi connectivity index (χ2n) is 3.50. The molecule has 1 aromatic carbocycles. The van der Waals surface area contributed by atoms with E-state index in [9.17, 15) is 9.90 Å². The van der Waals surface area contributed by atoms with Gasteiger partial charge in [0.25, 0.3) is 0 Å². The van der Waals surface area contributed by atoms with E-state index in [1.165, 1.54) is 0 Å². The van der Waals surface area contributed by atoms with Crippen molar-refractivity contribution in [1.29, 1.82) is 0 Å². The summed E-state index contributed by atoms with van der Waals surface area (Å²) in [5.41, 5.74) is 0.633. The van der Waals surface area contributed by atoms with E-state index in [-0.39, 0.29) is 10.7 Å². The molecule has 0 unspecified atom stereocenters. The van der Waals surface area contributed by atoms with Crippen LogP contribution in [0.15, 0.2) is 12.1 Å². The number of hydrogen-bond acceptors (Lipinski definition) is 1. The van der Waals surface area contributed by atoms with Crippen LogP contribution >= 0.6 is 34.8 Å². The van der Waals surface area contributed by atoms with Crippen molar-refractivity contribution < 1.29 is 9.90 Å². The van der Waals surface area contributed by atoms with Crippen LogP contribution in [0, 0.1) is 0 Å². The molecule has 6 heteroatoms. The zero-order valence-corrected chi connectivity index (χ0v) is 11.1. The summed E-state index contributed by atoms with van der Waals surface area (Å²) < 4.78 is 1.65. The lowest BCUT2D eigenvalue weighted by Gasteiger charge is -2.04. The Balaban J connectivity index is 3.00. The van der Waals surface area contributed by atoms with E-state index in [1.807, 2.05) is 6.92 Å². The number of aromatic carboxylic acids is 1. The molecule has 2 aromatic rings. The van der Waals surface area contributed by atoms with Crippen molar-refractivity contribution in [3.8, 4) is 0 Å². The van der Waals surface area contributed by atoms with Gasteiger partial charge >= 0.3 is 5.97 Å². The maximum atomic E-state index is 11.2. The maximum absolute atomic E-state index is 11.2. The SMILES string of the molecule is CCn1c(Cl)c(C(=O)O)c2cc(Cl)cc(Cl)c21. The average Bonchev–Trinajstić information content (AvgIpc) is 2.49. The molecule has 1 heterocycles. The van der Waals surface area contributed by atoms with Crippen LogP contribution in [0.2, 0.25) is 15.2 Å². The van der Waals surface area contributed by atoms with Crippen molar-refractivity contribution >= 4 is 51.7 Å². The van der Waals surface area contributed by atoms with Crippen molar-refractivity contribution in [1.82, 2.24) is 4.57 Å². The Morgan fingerprint density at radius 2 is 2.00 bits per heavy atom. The van der Waals surface area contributed by atoms with Crippen LogP contribution in [0.25, 0.3) is 10.9 Å². The fourth-order valence-electron chi connectivity index (χ4n) is 1.88. The van der Waals surface area contributed by atoms with E-state index in [2.05, 4.69) is 0 Å². The molecule has 0 fully saturated rings. The van der Waals surface area contributed by atoms with Crippen LogP contribution in [-0.4, -0.2) is 15.6 Å². The summed E-state index contributed by atoms with van der Waals surface area (Å²) in [6.07, 6.45) is 0. The molecule has 2 rings (SSSR count). The summed E-state index contributed by atoms with van der Waals surface area (Å²) in [5, 5.41) is 10.6. The smallest absolute Gasteiger partial charge is 0.339 e. The van der Waals surface area contributed by atoms with Crippen molar-refractivity contribution in [3.05, 3.63) is 32.9 Å². The van der Waals surface area contributed by atoms with Gasteiger partial charge in [-0.15, -0.1) is 0 Å². The molecule has 3 nitrogen and oxygen atoms in total. The molecular weight excluding hydrogens is 284 g/mol. The number of carboxylic acid groups (broad SMARTS) is 1. The van der Waals surface area contributed by atoms with E-state index >= 15 is 0 Å². The van der Waals surface area contributed by atoms with Crippen LogP contribution < -0.4 is 0 Å². The number of halogens is 3. The number of benzene rings is 1. The second-order valence-corrected chi connectivity index (χ2v) is 4.70. The van der Waals surface area contributed by atoms with Crippen LogP contribution in [0.1, 0.15) is 17.3 Å². The predicted octanol–water partition coefficient (Wildman–Crippen LogP) is 4.32. The Kier molecular flexibility index (Phi) is 3.25.